The molecule has 220 valence electrons. The minimum atomic E-state index is -0.702. The average Bonchev–Trinajstić information content (AvgIpc) is 2.95. The van der Waals surface area contributed by atoms with Gasteiger partial charge in [-0.05, 0) is 67.8 Å². The Morgan fingerprint density at radius 1 is 0.953 bits per heavy atom. The van der Waals surface area contributed by atoms with Crippen LogP contribution in [-0.2, 0) is 17.8 Å². The number of H-pyrrole nitrogens is 1. The average molecular weight is 586 g/mol. The summed E-state index contributed by atoms with van der Waals surface area (Å²) in [5.74, 6) is -1.05. The number of hydrogen-bond donors (Lipinski definition) is 1. The minimum Gasteiger partial charge on any atom is -0.481 e. The highest BCUT2D eigenvalue weighted by Crippen LogP contribution is 2.32. The molecule has 0 atom stereocenters. The number of methoxy groups -OCH3 is 2. The summed E-state index contributed by atoms with van der Waals surface area (Å²) in [7, 11) is 2.96. The van der Waals surface area contributed by atoms with Crippen LogP contribution in [-0.4, -0.2) is 35.0 Å². The van der Waals surface area contributed by atoms with Crippen molar-refractivity contribution in [3.63, 3.8) is 0 Å². The quantitative estimate of drug-likeness (QED) is 0.195. The number of nitrogens with one attached hydrogen (secondary N) is 1. The zero-order valence-corrected chi connectivity index (χ0v) is 24.3. The van der Waals surface area contributed by atoms with Crippen molar-refractivity contribution in [3.05, 3.63) is 110 Å². The first kappa shape index (κ1) is 29.5. The number of ether oxygens (including phenoxy) is 3. The predicted octanol–water partition coefficient (Wildman–Crippen LogP) is 6.56. The Kier molecular flexibility index (Phi) is 8.31. The molecule has 0 aliphatic rings. The topological polar surface area (TPSA) is 103 Å². The van der Waals surface area contributed by atoms with E-state index in [1.807, 2.05) is 6.92 Å². The predicted molar refractivity (Wildman–Crippen MR) is 158 cm³/mol. The molecule has 3 aromatic heterocycles. The summed E-state index contributed by atoms with van der Waals surface area (Å²) in [6.07, 6.45) is 1.28. The summed E-state index contributed by atoms with van der Waals surface area (Å²) in [5, 5.41) is 0. The molecule has 0 fully saturated rings. The van der Waals surface area contributed by atoms with Crippen LogP contribution >= 0.6 is 0 Å². The number of nitrogens with zero attached hydrogens (tertiary/aromatic N) is 2. The molecule has 0 aliphatic carbocycles. The number of carbonyl (C=O) groups is 1. The summed E-state index contributed by atoms with van der Waals surface area (Å²) in [4.78, 5) is 39.2. The van der Waals surface area contributed by atoms with E-state index in [1.165, 1.54) is 50.7 Å². The lowest BCUT2D eigenvalue weighted by Crippen LogP contribution is -2.24. The van der Waals surface area contributed by atoms with Crippen LogP contribution < -0.4 is 14.9 Å². The summed E-state index contributed by atoms with van der Waals surface area (Å²) >= 11 is 0. The van der Waals surface area contributed by atoms with E-state index in [9.17, 15) is 14.0 Å². The van der Waals surface area contributed by atoms with E-state index in [0.717, 1.165) is 5.56 Å². The molecule has 0 radical (unpaired) electrons. The van der Waals surface area contributed by atoms with Gasteiger partial charge in [-0.3, -0.25) is 14.6 Å². The van der Waals surface area contributed by atoms with Crippen LogP contribution in [0.15, 0.2) is 59.5 Å². The van der Waals surface area contributed by atoms with Crippen LogP contribution in [0.2, 0.25) is 0 Å². The molecule has 0 saturated heterocycles. The molecular weight excluding hydrogens is 556 g/mol. The molecule has 0 unspecified atom stereocenters. The number of aryl methyl sites for hydroxylation is 3. The van der Waals surface area contributed by atoms with E-state index in [0.29, 0.717) is 45.0 Å². The van der Waals surface area contributed by atoms with Crippen molar-refractivity contribution in [3.8, 4) is 28.5 Å². The van der Waals surface area contributed by atoms with Crippen molar-refractivity contribution in [2.24, 2.45) is 0 Å². The van der Waals surface area contributed by atoms with Gasteiger partial charge in [0.25, 0.3) is 0 Å². The van der Waals surface area contributed by atoms with Gasteiger partial charge in [-0.2, -0.15) is 0 Å². The Labute approximate surface area is 246 Å². The number of benzene rings is 2. The standard InChI is InChI=1S/C33H29F2N3O5/c1-17-12-21(34)7-8-22(17)29-19(3)37-25(16-41-4)30(32(29)40)26(39)15-20-6-9-27(23(35)14-20)43-28-10-11-36-24-13-18(2)33(42-5)38-31(24)28/h6-14H,15-16H2,1-5H3,(H,37,40). The molecule has 5 aromatic rings. The highest BCUT2D eigenvalue weighted by molar-refractivity contribution is 5.99. The zero-order valence-electron chi connectivity index (χ0n) is 24.3. The van der Waals surface area contributed by atoms with Crippen LogP contribution in [0.25, 0.3) is 22.2 Å². The number of rotatable bonds is 9. The maximum absolute atomic E-state index is 15.3. The Morgan fingerprint density at radius 3 is 2.44 bits per heavy atom. The number of carbonyl (C=O) groups excluding carboxylic acids is 1. The van der Waals surface area contributed by atoms with E-state index >= 15 is 4.39 Å². The number of hydrogen-bond acceptors (Lipinski definition) is 7. The van der Waals surface area contributed by atoms with E-state index in [2.05, 4.69) is 15.0 Å². The normalized spacial score (nSPS) is 11.1. The van der Waals surface area contributed by atoms with Gasteiger partial charge in [0.05, 0.1) is 30.5 Å². The summed E-state index contributed by atoms with van der Waals surface area (Å²) in [5.41, 5.74) is 3.64. The molecule has 0 saturated carbocycles. The van der Waals surface area contributed by atoms with Crippen molar-refractivity contribution < 1.29 is 27.8 Å². The van der Waals surface area contributed by atoms with Gasteiger partial charge in [0, 0.05) is 42.6 Å². The van der Waals surface area contributed by atoms with Crippen LogP contribution in [0.1, 0.15) is 38.4 Å². The molecule has 1 N–H and O–H groups in total. The van der Waals surface area contributed by atoms with E-state index in [1.54, 1.807) is 32.0 Å². The fraction of sp³-hybridized carbons (Fsp3) is 0.212. The third-order valence-corrected chi connectivity index (χ3v) is 7.09. The molecule has 3 heterocycles. The summed E-state index contributed by atoms with van der Waals surface area (Å²) < 4.78 is 45.5. The lowest BCUT2D eigenvalue weighted by molar-refractivity contribution is 0.0985. The molecule has 10 heteroatoms. The monoisotopic (exact) mass is 585 g/mol. The van der Waals surface area contributed by atoms with Crippen LogP contribution in [0, 0.1) is 32.4 Å². The largest absolute Gasteiger partial charge is 0.481 e. The van der Waals surface area contributed by atoms with Gasteiger partial charge >= 0.3 is 0 Å². The number of Topliss-reactive ketones (excluding diaryl/α,β-unsaturated/α-hetero) is 1. The minimum absolute atomic E-state index is 0.0147. The number of ketones is 1. The highest BCUT2D eigenvalue weighted by atomic mass is 19.1. The van der Waals surface area contributed by atoms with Crippen LogP contribution in [0.3, 0.4) is 0 Å². The van der Waals surface area contributed by atoms with Gasteiger partial charge < -0.3 is 19.2 Å². The number of halogens is 2. The number of fused-ring (bicyclic) bond motifs is 1. The third-order valence-electron chi connectivity index (χ3n) is 7.09. The number of pyridine rings is 3. The molecule has 5 rings (SSSR count). The van der Waals surface area contributed by atoms with E-state index < -0.39 is 22.8 Å². The molecule has 8 nitrogen and oxygen atoms in total. The Bertz CT molecular complexity index is 1940. The first-order valence-electron chi connectivity index (χ1n) is 13.4. The van der Waals surface area contributed by atoms with Gasteiger partial charge in [0.15, 0.2) is 23.1 Å². The lowest BCUT2D eigenvalue weighted by atomic mass is 9.93. The lowest BCUT2D eigenvalue weighted by Gasteiger charge is -2.15. The summed E-state index contributed by atoms with van der Waals surface area (Å²) in [6.45, 7) is 5.23. The SMILES string of the molecule is COCc1[nH]c(C)c(-c2ccc(F)cc2C)c(=O)c1C(=O)Cc1ccc(Oc2ccnc3cc(C)c(OC)nc23)c(F)c1. The van der Waals surface area contributed by atoms with Crippen molar-refractivity contribution >= 4 is 16.8 Å². The first-order valence-corrected chi connectivity index (χ1v) is 13.4. The second-order valence-corrected chi connectivity index (χ2v) is 10.2. The molecule has 0 aliphatic heterocycles. The first-order chi connectivity index (χ1) is 20.6. The maximum atomic E-state index is 15.3. The Hall–Kier alpha value is -4.96. The van der Waals surface area contributed by atoms with Gasteiger partial charge in [0.2, 0.25) is 11.3 Å². The zero-order chi connectivity index (χ0) is 30.8. The van der Waals surface area contributed by atoms with Crippen LogP contribution in [0.5, 0.6) is 17.4 Å². The second kappa shape index (κ2) is 12.1. The maximum Gasteiger partial charge on any atom is 0.216 e. The molecule has 43 heavy (non-hydrogen) atoms. The van der Waals surface area contributed by atoms with Crippen molar-refractivity contribution in [1.82, 2.24) is 15.0 Å². The molecule has 0 spiro atoms. The van der Waals surface area contributed by atoms with Crippen molar-refractivity contribution in [2.75, 3.05) is 14.2 Å². The number of aromatic nitrogens is 3. The fourth-order valence-corrected chi connectivity index (χ4v) is 5.11. The Morgan fingerprint density at radius 2 is 1.74 bits per heavy atom. The molecule has 2 aromatic carbocycles. The summed E-state index contributed by atoms with van der Waals surface area (Å²) in [6, 6.07) is 11.6. The van der Waals surface area contributed by atoms with Gasteiger partial charge in [-0.15, -0.1) is 0 Å². The van der Waals surface area contributed by atoms with Crippen molar-refractivity contribution in [1.29, 1.82) is 0 Å². The fourth-order valence-electron chi connectivity index (χ4n) is 5.11. The molecule has 0 amide bonds. The van der Waals surface area contributed by atoms with Crippen LogP contribution in [0.4, 0.5) is 8.78 Å². The van der Waals surface area contributed by atoms with Gasteiger partial charge in [-0.1, -0.05) is 12.1 Å². The second-order valence-electron chi connectivity index (χ2n) is 10.2. The van der Waals surface area contributed by atoms with E-state index in [-0.39, 0.29) is 35.7 Å². The Balaban J connectivity index is 1.47. The highest BCUT2D eigenvalue weighted by Gasteiger charge is 2.23. The van der Waals surface area contributed by atoms with Gasteiger partial charge in [-0.25, -0.2) is 13.8 Å². The smallest absolute Gasteiger partial charge is 0.216 e. The molecular formula is C33H29F2N3O5. The van der Waals surface area contributed by atoms with E-state index in [4.69, 9.17) is 14.2 Å². The number of aromatic amines is 1. The van der Waals surface area contributed by atoms with Crippen molar-refractivity contribution in [2.45, 2.75) is 33.8 Å². The third kappa shape index (κ3) is 5.87. The molecule has 0 bridgehead atoms. The van der Waals surface area contributed by atoms with Gasteiger partial charge in [0.1, 0.15) is 11.3 Å².